The Balaban J connectivity index is 1.91. The van der Waals surface area contributed by atoms with Crippen LogP contribution >= 0.6 is 0 Å². The molecule has 0 aromatic rings. The lowest BCUT2D eigenvalue weighted by Gasteiger charge is -2.35. The molecule has 0 aliphatic heterocycles. The first kappa shape index (κ1) is 23.3. The van der Waals surface area contributed by atoms with Crippen LogP contribution in [-0.4, -0.2) is 30.6 Å². The van der Waals surface area contributed by atoms with E-state index in [0.717, 1.165) is 75.9 Å². The van der Waals surface area contributed by atoms with E-state index in [4.69, 9.17) is 14.2 Å². The Hall–Kier alpha value is -1.03. The number of rotatable bonds is 12. The molecule has 4 heteroatoms. The number of carbonyl (C=O) groups is 1. The summed E-state index contributed by atoms with van der Waals surface area (Å²) in [5.41, 5.74) is -0.928. The molecule has 0 radical (unpaired) electrons. The van der Waals surface area contributed by atoms with Gasteiger partial charge in [-0.2, -0.15) is 0 Å². The van der Waals surface area contributed by atoms with Gasteiger partial charge in [-0.25, -0.2) is 4.79 Å². The molecule has 2 bridgehead atoms. The van der Waals surface area contributed by atoms with Crippen LogP contribution in [0.4, 0.5) is 4.79 Å². The number of hydrogen-bond acceptors (Lipinski definition) is 4. The summed E-state index contributed by atoms with van der Waals surface area (Å²) in [6.07, 6.45) is 14.0. The lowest BCUT2D eigenvalue weighted by Crippen LogP contribution is -2.38. The Kier molecular flexibility index (Phi) is 8.85. The minimum Gasteiger partial charge on any atom is -0.429 e. The van der Waals surface area contributed by atoms with Crippen LogP contribution in [-0.2, 0) is 14.2 Å². The summed E-state index contributed by atoms with van der Waals surface area (Å²) in [4.78, 5) is 12.5. The monoisotopic (exact) mass is 394 g/mol. The van der Waals surface area contributed by atoms with Crippen LogP contribution in [0.25, 0.3) is 0 Å². The van der Waals surface area contributed by atoms with Gasteiger partial charge in [0.25, 0.3) is 0 Å². The van der Waals surface area contributed by atoms with Gasteiger partial charge in [0.1, 0.15) is 11.2 Å². The van der Waals surface area contributed by atoms with Gasteiger partial charge in [-0.1, -0.05) is 25.5 Å². The lowest BCUT2D eigenvalue weighted by atomic mass is 9.81. The number of allylic oxidation sites excluding steroid dienone is 2. The van der Waals surface area contributed by atoms with Crippen LogP contribution in [0.3, 0.4) is 0 Å². The molecule has 4 atom stereocenters. The van der Waals surface area contributed by atoms with Crippen LogP contribution in [0, 0.1) is 17.8 Å². The normalized spacial score (nSPS) is 25.7. The highest BCUT2D eigenvalue weighted by atomic mass is 16.7. The highest BCUT2D eigenvalue weighted by Crippen LogP contribution is 2.46. The third-order valence-corrected chi connectivity index (χ3v) is 6.35. The van der Waals surface area contributed by atoms with Crippen molar-refractivity contribution in [3.05, 3.63) is 12.2 Å². The average Bonchev–Trinajstić information content (AvgIpc) is 3.24. The molecule has 2 aliphatic rings. The maximum atomic E-state index is 12.5. The maximum absolute atomic E-state index is 12.5. The Morgan fingerprint density at radius 1 is 1.00 bits per heavy atom. The van der Waals surface area contributed by atoms with E-state index in [1.807, 2.05) is 27.7 Å². The average molecular weight is 395 g/mol. The fourth-order valence-corrected chi connectivity index (χ4v) is 4.75. The first-order valence-electron chi connectivity index (χ1n) is 11.4. The summed E-state index contributed by atoms with van der Waals surface area (Å²) >= 11 is 0. The molecule has 162 valence electrons. The van der Waals surface area contributed by atoms with Gasteiger partial charge in [0.05, 0.1) is 0 Å². The molecular formula is C24H42O4. The van der Waals surface area contributed by atoms with E-state index in [1.54, 1.807) is 0 Å². The van der Waals surface area contributed by atoms with Gasteiger partial charge in [-0.15, -0.1) is 0 Å². The Bertz CT molecular complexity index is 507. The molecule has 2 aliphatic carbocycles. The SMILES string of the molecule is CCOCCCCCC(CC)(CCC1CC2C=CC1C2)OC(=O)OC(C)(C)C. The number of fused-ring (bicyclic) bond motifs is 2. The van der Waals surface area contributed by atoms with Gasteiger partial charge in [-0.05, 0) is 96.8 Å². The van der Waals surface area contributed by atoms with Crippen molar-refractivity contribution in [2.24, 2.45) is 17.8 Å². The molecule has 0 amide bonds. The van der Waals surface area contributed by atoms with Gasteiger partial charge in [0.2, 0.25) is 0 Å². The fraction of sp³-hybridized carbons (Fsp3) is 0.875. The molecule has 0 N–H and O–H groups in total. The number of unbranched alkanes of at least 4 members (excludes halogenated alkanes) is 2. The van der Waals surface area contributed by atoms with E-state index in [1.165, 1.54) is 12.8 Å². The number of hydrogen-bond donors (Lipinski definition) is 0. The van der Waals surface area contributed by atoms with Crippen molar-refractivity contribution in [3.8, 4) is 0 Å². The van der Waals surface area contributed by atoms with E-state index < -0.39 is 17.4 Å². The molecule has 4 unspecified atom stereocenters. The molecule has 1 fully saturated rings. The first-order chi connectivity index (χ1) is 13.3. The molecular weight excluding hydrogens is 352 g/mol. The van der Waals surface area contributed by atoms with Crippen LogP contribution in [0.5, 0.6) is 0 Å². The summed E-state index contributed by atoms with van der Waals surface area (Å²) in [5.74, 6) is 2.28. The third kappa shape index (κ3) is 7.42. The zero-order valence-electron chi connectivity index (χ0n) is 18.8. The standard InChI is InChI=1S/C24H42O4/c1-6-24(14-9-8-10-16-26-7-2,28-22(25)27-23(3,4)5)15-13-21-18-19-11-12-20(21)17-19/h11-12,19-21H,6-10,13-18H2,1-5H3. The Morgan fingerprint density at radius 2 is 1.79 bits per heavy atom. The van der Waals surface area contributed by atoms with E-state index in [-0.39, 0.29) is 0 Å². The second kappa shape index (κ2) is 10.7. The second-order valence-corrected chi connectivity index (χ2v) is 9.69. The molecule has 0 saturated heterocycles. The molecule has 0 heterocycles. The minimum absolute atomic E-state index is 0.403. The molecule has 0 aromatic heterocycles. The van der Waals surface area contributed by atoms with Crippen LogP contribution in [0.1, 0.15) is 92.4 Å². The van der Waals surface area contributed by atoms with Crippen molar-refractivity contribution in [1.82, 2.24) is 0 Å². The summed E-state index contributed by atoms with van der Waals surface area (Å²) in [6, 6.07) is 0. The Labute approximate surface area is 172 Å². The van der Waals surface area contributed by atoms with Crippen molar-refractivity contribution in [1.29, 1.82) is 0 Å². The molecule has 28 heavy (non-hydrogen) atoms. The summed E-state index contributed by atoms with van der Waals surface area (Å²) in [6.45, 7) is 11.4. The minimum atomic E-state index is -0.524. The highest BCUT2D eigenvalue weighted by molar-refractivity contribution is 5.61. The van der Waals surface area contributed by atoms with E-state index in [9.17, 15) is 4.79 Å². The zero-order chi connectivity index (χ0) is 20.6. The molecule has 0 spiro atoms. The molecule has 1 saturated carbocycles. The van der Waals surface area contributed by atoms with Crippen molar-refractivity contribution >= 4 is 6.16 Å². The third-order valence-electron chi connectivity index (χ3n) is 6.35. The van der Waals surface area contributed by atoms with E-state index in [0.29, 0.717) is 0 Å². The maximum Gasteiger partial charge on any atom is 0.509 e. The van der Waals surface area contributed by atoms with Crippen molar-refractivity contribution < 1.29 is 19.0 Å². The second-order valence-electron chi connectivity index (χ2n) is 9.69. The lowest BCUT2D eigenvalue weighted by molar-refractivity contribution is -0.0777. The predicted octanol–water partition coefficient (Wildman–Crippen LogP) is 6.68. The van der Waals surface area contributed by atoms with Crippen molar-refractivity contribution in [2.45, 2.75) is 104 Å². The molecule has 0 aromatic carbocycles. The first-order valence-corrected chi connectivity index (χ1v) is 11.4. The topological polar surface area (TPSA) is 44.8 Å². The summed E-state index contributed by atoms with van der Waals surface area (Å²) in [5, 5.41) is 0. The van der Waals surface area contributed by atoms with Crippen LogP contribution < -0.4 is 0 Å². The number of ether oxygens (including phenoxy) is 3. The van der Waals surface area contributed by atoms with Gasteiger partial charge in [-0.3, -0.25) is 0 Å². The predicted molar refractivity (Wildman–Crippen MR) is 113 cm³/mol. The Morgan fingerprint density at radius 3 is 2.36 bits per heavy atom. The van der Waals surface area contributed by atoms with Gasteiger partial charge in [0, 0.05) is 13.2 Å². The van der Waals surface area contributed by atoms with Crippen LogP contribution in [0.15, 0.2) is 12.2 Å². The molecule has 4 nitrogen and oxygen atoms in total. The van der Waals surface area contributed by atoms with Gasteiger partial charge in [0.15, 0.2) is 0 Å². The summed E-state index contributed by atoms with van der Waals surface area (Å²) in [7, 11) is 0. The van der Waals surface area contributed by atoms with E-state index in [2.05, 4.69) is 19.1 Å². The van der Waals surface area contributed by atoms with Gasteiger partial charge >= 0.3 is 6.16 Å². The van der Waals surface area contributed by atoms with Crippen LogP contribution in [0.2, 0.25) is 0 Å². The quantitative estimate of drug-likeness (QED) is 0.210. The number of carbonyl (C=O) groups excluding carboxylic acids is 1. The van der Waals surface area contributed by atoms with E-state index >= 15 is 0 Å². The van der Waals surface area contributed by atoms with Gasteiger partial charge < -0.3 is 14.2 Å². The smallest absolute Gasteiger partial charge is 0.429 e. The summed E-state index contributed by atoms with van der Waals surface area (Å²) < 4.78 is 16.9. The van der Waals surface area contributed by atoms with Crippen molar-refractivity contribution in [3.63, 3.8) is 0 Å². The largest absolute Gasteiger partial charge is 0.509 e. The van der Waals surface area contributed by atoms with Crippen molar-refractivity contribution in [2.75, 3.05) is 13.2 Å². The fourth-order valence-electron chi connectivity index (χ4n) is 4.75. The highest BCUT2D eigenvalue weighted by Gasteiger charge is 2.39. The molecule has 2 rings (SSSR count). The zero-order valence-corrected chi connectivity index (χ0v) is 18.8.